The van der Waals surface area contributed by atoms with E-state index in [0.29, 0.717) is 9.44 Å². The van der Waals surface area contributed by atoms with E-state index in [9.17, 15) is 184 Å². The first kappa shape index (κ1) is 77.1. The SMILES string of the molecule is C[N+](C)(CCCC[N+](C)(C)CCCNS(=O)(=O)C(F)(F)C(F)(F)C(F)(F)C(F)(F)C(F)(F)C(F)(F)C(F)(F)C(F)(F)C(F)(F)F)CCCNS(=O)(=O)C(F)(F)C(F)(F)C(F)(F)C(F)(F)C(F)(F)C(F)(F)C(F)(F)C(F)(F)C(F)(F)F. The van der Waals surface area contributed by atoms with Gasteiger partial charge in [0.25, 0.3) is 20.0 Å². The van der Waals surface area contributed by atoms with Crippen molar-refractivity contribution in [2.24, 2.45) is 0 Å². The number of hydrogen-bond acceptors (Lipinski definition) is 4. The van der Waals surface area contributed by atoms with Crippen LogP contribution in [0.15, 0.2) is 0 Å². The second-order valence-electron chi connectivity index (χ2n) is 18.0. The molecule has 0 unspecified atom stereocenters. The van der Waals surface area contributed by atoms with Gasteiger partial charge in [-0.1, -0.05) is 0 Å². The number of sulfonamides is 2. The molecule has 0 rings (SSSR count). The Morgan fingerprint density at radius 1 is 0.250 bits per heavy atom. The van der Waals surface area contributed by atoms with Crippen LogP contribution in [0, 0.1) is 0 Å². The molecule has 0 amide bonds. The average molecular weight is 1320 g/mol. The lowest BCUT2D eigenvalue weighted by Gasteiger charge is -2.43. The number of unbranched alkanes of at least 4 members (excludes halogenated alkanes) is 1. The zero-order valence-electron chi connectivity index (χ0n) is 38.8. The van der Waals surface area contributed by atoms with E-state index in [1.807, 2.05) is 0 Å². The second-order valence-corrected chi connectivity index (χ2v) is 21.7. The number of alkyl halides is 38. The molecule has 48 heteroatoms. The molecule has 0 heterocycles. The highest BCUT2D eigenvalue weighted by atomic mass is 32.2. The van der Waals surface area contributed by atoms with E-state index in [1.54, 1.807) is 0 Å². The van der Waals surface area contributed by atoms with Crippen LogP contribution >= 0.6 is 0 Å². The minimum atomic E-state index is -9.32. The predicted molar refractivity (Wildman–Crippen MR) is 187 cm³/mol. The van der Waals surface area contributed by atoms with Gasteiger partial charge < -0.3 is 8.97 Å². The normalized spacial score (nSPS) is 16.7. The quantitative estimate of drug-likeness (QED) is 0.0411. The van der Waals surface area contributed by atoms with Crippen molar-refractivity contribution in [3.05, 3.63) is 0 Å². The third-order valence-corrected chi connectivity index (χ3v) is 14.1. The lowest BCUT2D eigenvalue weighted by atomic mass is 9.89. The van der Waals surface area contributed by atoms with Crippen molar-refractivity contribution in [2.75, 3.05) is 67.5 Å². The van der Waals surface area contributed by atoms with Gasteiger partial charge in [-0.3, -0.25) is 0 Å². The Labute approximate surface area is 421 Å². The molecule has 0 radical (unpaired) electrons. The maximum atomic E-state index is 14.4. The fourth-order valence-corrected chi connectivity index (χ4v) is 8.06. The average Bonchev–Trinajstić information content (AvgIpc) is 3.23. The smallest absolute Gasteiger partial charge is 0.328 e. The summed E-state index contributed by atoms with van der Waals surface area (Å²) in [5.41, 5.74) is 0. The molecule has 2 N–H and O–H groups in total. The molecule has 0 saturated heterocycles. The molecule has 0 aliphatic heterocycles. The number of rotatable bonds is 31. The Bertz CT molecular complexity index is 2200. The Balaban J connectivity index is 5.90. The van der Waals surface area contributed by atoms with Crippen LogP contribution in [0.3, 0.4) is 0 Å². The summed E-state index contributed by atoms with van der Waals surface area (Å²) in [6.45, 7) is -4.99. The van der Waals surface area contributed by atoms with Crippen LogP contribution in [0.2, 0.25) is 0 Å². The molecule has 0 spiro atoms. The molecule has 0 fully saturated rings. The summed E-state index contributed by atoms with van der Waals surface area (Å²) < 4.78 is 564. The first-order valence-electron chi connectivity index (χ1n) is 19.9. The van der Waals surface area contributed by atoms with Crippen molar-refractivity contribution in [3.8, 4) is 0 Å². The Morgan fingerprint density at radius 2 is 0.400 bits per heavy atom. The monoisotopic (exact) mass is 1320 g/mol. The summed E-state index contributed by atoms with van der Waals surface area (Å²) >= 11 is 0. The van der Waals surface area contributed by atoms with Crippen LogP contribution in [-0.4, -0.2) is 199 Å². The molecule has 0 atom stereocenters. The van der Waals surface area contributed by atoms with E-state index in [0.717, 1.165) is 28.2 Å². The number of halogens is 38. The summed E-state index contributed by atoms with van der Waals surface area (Å²) in [7, 11) is -10.9. The minimum Gasteiger partial charge on any atom is -0.328 e. The first-order valence-corrected chi connectivity index (χ1v) is 22.9. The van der Waals surface area contributed by atoms with Gasteiger partial charge in [0, 0.05) is 38.8 Å². The zero-order chi connectivity index (χ0) is 65.5. The summed E-state index contributed by atoms with van der Waals surface area (Å²) in [5, 5.41) is -15.9. The van der Waals surface area contributed by atoms with Crippen molar-refractivity contribution >= 4 is 20.0 Å². The molecule has 0 aliphatic rings. The molecule has 80 heavy (non-hydrogen) atoms. The summed E-state index contributed by atoms with van der Waals surface area (Å²) in [4.78, 5) is 0. The summed E-state index contributed by atoms with van der Waals surface area (Å²) in [5.74, 6) is -126. The molecular weight excluding hydrogens is 1290 g/mol. The van der Waals surface area contributed by atoms with Crippen LogP contribution in [0.4, 0.5) is 167 Å². The van der Waals surface area contributed by atoms with Crippen molar-refractivity contribution in [1.82, 2.24) is 9.44 Å². The van der Waals surface area contributed by atoms with Gasteiger partial charge in [-0.25, -0.2) is 26.3 Å². The summed E-state index contributed by atoms with van der Waals surface area (Å²) in [6, 6.07) is 0. The number of quaternary nitrogens is 2. The van der Waals surface area contributed by atoms with Gasteiger partial charge in [0.2, 0.25) is 0 Å². The molecule has 0 aromatic rings. The van der Waals surface area contributed by atoms with Crippen LogP contribution in [0.5, 0.6) is 0 Å². The molecule has 0 aromatic carbocycles. The van der Waals surface area contributed by atoms with Crippen molar-refractivity contribution < 1.29 is 193 Å². The van der Waals surface area contributed by atoms with E-state index >= 15 is 0 Å². The molecular formula is C32H34F38N4O4S2+2. The van der Waals surface area contributed by atoms with Crippen LogP contribution in [0.25, 0.3) is 0 Å². The van der Waals surface area contributed by atoms with Gasteiger partial charge in [0.1, 0.15) is 0 Å². The zero-order valence-corrected chi connectivity index (χ0v) is 40.4. The van der Waals surface area contributed by atoms with Crippen LogP contribution < -0.4 is 9.44 Å². The van der Waals surface area contributed by atoms with Gasteiger partial charge in [-0.2, -0.15) is 167 Å². The highest BCUT2D eigenvalue weighted by molar-refractivity contribution is 7.90. The molecule has 0 aliphatic carbocycles. The maximum absolute atomic E-state index is 14.4. The molecule has 0 aromatic heterocycles. The van der Waals surface area contributed by atoms with Gasteiger partial charge in [-0.15, -0.1) is 0 Å². The van der Waals surface area contributed by atoms with E-state index in [4.69, 9.17) is 0 Å². The van der Waals surface area contributed by atoms with Gasteiger partial charge >= 0.3 is 106 Å². The highest BCUT2D eigenvalue weighted by Crippen LogP contribution is 2.68. The van der Waals surface area contributed by atoms with Crippen molar-refractivity contribution in [2.45, 2.75) is 131 Å². The molecule has 0 saturated carbocycles. The third-order valence-electron chi connectivity index (χ3n) is 11.1. The number of nitrogens with one attached hydrogen (secondary N) is 2. The fraction of sp³-hybridized carbons (Fsp3) is 1.00. The third kappa shape index (κ3) is 11.9. The second kappa shape index (κ2) is 21.5. The standard InChI is InChI=1S/C32H34F38N4O4S2/c1-73(2,13-7-9-71-79(75,76)31(67,68)27(57,58)23(49,50)19(41,42)15(33,34)17(37,38)21(45,46)25(53,54)29(61,62)63)11-5-6-12-74(3,4)14-8-10-72-80(77,78)32(69,70)28(59,60)24(51,52)20(43,44)16(35,36)18(39,40)22(47,48)26(55,56)30(64,65)66/h71-72H,5-14H2,1-4H3/q+2. The minimum absolute atomic E-state index is 0.113. The summed E-state index contributed by atoms with van der Waals surface area (Å²) in [6.07, 6.45) is -18.4. The van der Waals surface area contributed by atoms with Gasteiger partial charge in [0.15, 0.2) is 0 Å². The van der Waals surface area contributed by atoms with E-state index in [2.05, 4.69) is 0 Å². The lowest BCUT2D eigenvalue weighted by Crippen LogP contribution is -2.76. The first-order chi connectivity index (χ1) is 34.1. The predicted octanol–water partition coefficient (Wildman–Crippen LogP) is 11.7. The fourth-order valence-electron chi connectivity index (χ4n) is 5.94. The van der Waals surface area contributed by atoms with Gasteiger partial charge in [-0.05, 0) is 0 Å². The Hall–Kier alpha value is -2.92. The molecule has 0 bridgehead atoms. The van der Waals surface area contributed by atoms with Crippen molar-refractivity contribution in [3.63, 3.8) is 0 Å². The van der Waals surface area contributed by atoms with E-state index < -0.39 is 174 Å². The highest BCUT2D eigenvalue weighted by Gasteiger charge is 2.99. The van der Waals surface area contributed by atoms with Crippen LogP contribution in [-0.2, 0) is 20.0 Å². The Kier molecular flexibility index (Phi) is 20.8. The van der Waals surface area contributed by atoms with E-state index in [-0.39, 0.29) is 25.9 Å². The van der Waals surface area contributed by atoms with E-state index in [1.165, 1.54) is 0 Å². The Morgan fingerprint density at radius 3 is 0.575 bits per heavy atom. The topological polar surface area (TPSA) is 92.3 Å². The number of hydrogen-bond donors (Lipinski definition) is 2. The lowest BCUT2D eigenvalue weighted by molar-refractivity contribution is -0.896. The van der Waals surface area contributed by atoms with Crippen LogP contribution in [0.1, 0.15) is 25.7 Å². The maximum Gasteiger partial charge on any atom is 0.460 e. The largest absolute Gasteiger partial charge is 0.460 e. The molecule has 482 valence electrons. The van der Waals surface area contributed by atoms with Gasteiger partial charge in [0.05, 0.1) is 54.4 Å². The van der Waals surface area contributed by atoms with Crippen molar-refractivity contribution in [1.29, 1.82) is 0 Å². The number of nitrogens with zero attached hydrogens (tertiary/aromatic N) is 2. The molecule has 8 nitrogen and oxygen atoms in total.